The first-order valence-electron chi connectivity index (χ1n) is 9.72. The topological polar surface area (TPSA) is 51.1 Å². The van der Waals surface area contributed by atoms with Gasteiger partial charge in [0.05, 0.1) is 12.2 Å². The monoisotopic (exact) mass is 466 g/mol. The lowest BCUT2D eigenvalue weighted by Gasteiger charge is -2.17. The summed E-state index contributed by atoms with van der Waals surface area (Å²) in [6.07, 6.45) is -2.72. The zero-order valence-electron chi connectivity index (χ0n) is 16.7. The third-order valence-electron chi connectivity index (χ3n) is 4.75. The van der Waals surface area contributed by atoms with Crippen molar-refractivity contribution in [3.8, 4) is 11.5 Å². The van der Waals surface area contributed by atoms with Crippen molar-refractivity contribution in [2.24, 2.45) is 4.99 Å². The fourth-order valence-electron chi connectivity index (χ4n) is 3.20. The summed E-state index contributed by atoms with van der Waals surface area (Å²) in [4.78, 5) is 18.6. The molecule has 0 saturated heterocycles. The van der Waals surface area contributed by atoms with E-state index in [1.54, 1.807) is 30.3 Å². The summed E-state index contributed by atoms with van der Waals surface area (Å²) >= 11 is 1.13. The first kappa shape index (κ1) is 22.2. The molecule has 2 aromatic carbocycles. The molecule has 2 aliphatic rings. The van der Waals surface area contributed by atoms with E-state index < -0.39 is 18.4 Å². The van der Waals surface area contributed by atoms with Crippen LogP contribution in [0.4, 0.5) is 17.6 Å². The van der Waals surface area contributed by atoms with Crippen molar-refractivity contribution in [2.75, 3.05) is 20.0 Å². The minimum absolute atomic E-state index is 0.125. The van der Waals surface area contributed by atoms with Crippen molar-refractivity contribution in [2.45, 2.75) is 18.3 Å². The number of fused-ring (bicyclic) bond motifs is 1. The molecule has 2 aromatic rings. The van der Waals surface area contributed by atoms with Gasteiger partial charge in [0.2, 0.25) is 6.79 Å². The van der Waals surface area contributed by atoms with Crippen LogP contribution in [-0.2, 0) is 16.7 Å². The van der Waals surface area contributed by atoms with E-state index in [0.717, 1.165) is 23.9 Å². The number of amides is 1. The van der Waals surface area contributed by atoms with Gasteiger partial charge in [-0.15, -0.1) is 0 Å². The molecule has 0 fully saturated rings. The number of carbonyl (C=O) groups excluding carboxylic acids is 1. The van der Waals surface area contributed by atoms with E-state index in [9.17, 15) is 22.4 Å². The lowest BCUT2D eigenvalue weighted by Crippen LogP contribution is -2.31. The minimum Gasteiger partial charge on any atom is -0.454 e. The van der Waals surface area contributed by atoms with Gasteiger partial charge in [-0.25, -0.2) is 4.99 Å². The standard InChI is InChI=1S/C22H18F4N2O3S/c23-7-2-8-28-20(29)17(10-14-5-6-18-19(11-14)31-13-30-18)27-21(28)32-12-15-3-1-4-16(9-15)22(24,25)26/h1,3-6,9-11H,2,7-8,12-13H2/b17-10+. The highest BCUT2D eigenvalue weighted by atomic mass is 32.2. The molecule has 5 nitrogen and oxygen atoms in total. The Balaban J connectivity index is 1.55. The summed E-state index contributed by atoms with van der Waals surface area (Å²) in [6, 6.07) is 10.2. The molecular formula is C22H18F4N2O3S. The maximum Gasteiger partial charge on any atom is 0.416 e. The summed E-state index contributed by atoms with van der Waals surface area (Å²) in [5.74, 6) is 0.958. The smallest absolute Gasteiger partial charge is 0.416 e. The molecule has 10 heteroatoms. The maximum absolute atomic E-state index is 13.0. The molecule has 0 saturated carbocycles. The zero-order valence-corrected chi connectivity index (χ0v) is 17.5. The number of ether oxygens (including phenoxy) is 2. The van der Waals surface area contributed by atoms with E-state index in [1.165, 1.54) is 11.0 Å². The lowest BCUT2D eigenvalue weighted by atomic mass is 10.1. The van der Waals surface area contributed by atoms with Gasteiger partial charge < -0.3 is 9.47 Å². The van der Waals surface area contributed by atoms with Crippen LogP contribution >= 0.6 is 11.8 Å². The molecule has 4 rings (SSSR count). The molecule has 2 heterocycles. The molecule has 0 N–H and O–H groups in total. The Morgan fingerprint density at radius 1 is 1.12 bits per heavy atom. The Morgan fingerprint density at radius 2 is 1.94 bits per heavy atom. The van der Waals surface area contributed by atoms with Gasteiger partial charge in [-0.1, -0.05) is 36.0 Å². The molecular weight excluding hydrogens is 448 g/mol. The van der Waals surface area contributed by atoms with Crippen LogP contribution in [-0.4, -0.2) is 36.0 Å². The second-order valence-electron chi connectivity index (χ2n) is 7.02. The predicted octanol–water partition coefficient (Wildman–Crippen LogP) is 5.27. The van der Waals surface area contributed by atoms with Gasteiger partial charge in [-0.05, 0) is 41.8 Å². The molecule has 2 aliphatic heterocycles. The number of benzene rings is 2. The first-order chi connectivity index (χ1) is 15.3. The molecule has 0 radical (unpaired) electrons. The average molecular weight is 466 g/mol. The van der Waals surface area contributed by atoms with E-state index in [0.29, 0.717) is 27.8 Å². The quantitative estimate of drug-likeness (QED) is 0.430. The van der Waals surface area contributed by atoms with E-state index in [2.05, 4.69) is 4.99 Å². The van der Waals surface area contributed by atoms with Crippen molar-refractivity contribution in [3.05, 3.63) is 64.9 Å². The van der Waals surface area contributed by atoms with Crippen LogP contribution in [0.15, 0.2) is 53.2 Å². The number of nitrogens with zero attached hydrogens (tertiary/aromatic N) is 2. The summed E-state index contributed by atoms with van der Waals surface area (Å²) in [5.41, 5.74) is 0.543. The molecule has 0 bridgehead atoms. The van der Waals surface area contributed by atoms with Crippen LogP contribution in [0, 0.1) is 0 Å². The third-order valence-corrected chi connectivity index (χ3v) is 5.80. The van der Waals surface area contributed by atoms with Crippen LogP contribution < -0.4 is 9.47 Å². The Morgan fingerprint density at radius 3 is 2.72 bits per heavy atom. The molecule has 32 heavy (non-hydrogen) atoms. The fraction of sp³-hybridized carbons (Fsp3) is 0.273. The van der Waals surface area contributed by atoms with Gasteiger partial charge >= 0.3 is 6.18 Å². The van der Waals surface area contributed by atoms with Crippen molar-refractivity contribution in [3.63, 3.8) is 0 Å². The summed E-state index contributed by atoms with van der Waals surface area (Å²) in [7, 11) is 0. The number of thioether (sulfide) groups is 1. The number of hydrogen-bond donors (Lipinski definition) is 0. The number of carbonyl (C=O) groups is 1. The van der Waals surface area contributed by atoms with Crippen molar-refractivity contribution >= 4 is 28.9 Å². The van der Waals surface area contributed by atoms with Crippen LogP contribution in [0.5, 0.6) is 11.5 Å². The van der Waals surface area contributed by atoms with E-state index in [-0.39, 0.29) is 37.1 Å². The molecule has 0 atom stereocenters. The number of aliphatic imine (C=N–C) groups is 1. The van der Waals surface area contributed by atoms with E-state index in [4.69, 9.17) is 9.47 Å². The molecule has 0 unspecified atom stereocenters. The maximum atomic E-state index is 13.0. The van der Waals surface area contributed by atoms with Crippen LogP contribution in [0.3, 0.4) is 0 Å². The second kappa shape index (κ2) is 9.23. The Bertz CT molecular complexity index is 1090. The summed E-state index contributed by atoms with van der Waals surface area (Å²) < 4.78 is 62.2. The first-order valence-corrected chi connectivity index (χ1v) is 10.7. The second-order valence-corrected chi connectivity index (χ2v) is 7.97. The Hall–Kier alpha value is -3.01. The van der Waals surface area contributed by atoms with Crippen LogP contribution in [0.2, 0.25) is 0 Å². The average Bonchev–Trinajstić information content (AvgIpc) is 3.35. The third kappa shape index (κ3) is 4.90. The fourth-order valence-corrected chi connectivity index (χ4v) is 4.17. The molecule has 0 spiro atoms. The highest BCUT2D eigenvalue weighted by Gasteiger charge is 2.32. The molecule has 0 aromatic heterocycles. The molecule has 168 valence electrons. The number of rotatable bonds is 6. The highest BCUT2D eigenvalue weighted by molar-refractivity contribution is 8.13. The SMILES string of the molecule is O=C1/C(=C\c2ccc3c(c2)OCO3)N=C(SCc2cccc(C(F)(F)F)c2)N1CCCF. The zero-order chi connectivity index (χ0) is 22.7. The number of alkyl halides is 4. The van der Waals surface area contributed by atoms with Gasteiger partial charge in [0.1, 0.15) is 5.70 Å². The summed E-state index contributed by atoms with van der Waals surface area (Å²) in [5, 5.41) is 0.327. The summed E-state index contributed by atoms with van der Waals surface area (Å²) in [6.45, 7) is -0.349. The van der Waals surface area contributed by atoms with Crippen molar-refractivity contribution < 1.29 is 31.8 Å². The highest BCUT2D eigenvalue weighted by Crippen LogP contribution is 2.34. The van der Waals surface area contributed by atoms with Gasteiger partial charge in [0.25, 0.3) is 5.91 Å². The van der Waals surface area contributed by atoms with Crippen molar-refractivity contribution in [1.82, 2.24) is 4.90 Å². The predicted molar refractivity (Wildman–Crippen MR) is 113 cm³/mol. The van der Waals surface area contributed by atoms with E-state index in [1.807, 2.05) is 0 Å². The Labute approximate surface area is 185 Å². The van der Waals surface area contributed by atoms with Gasteiger partial charge in [0, 0.05) is 12.3 Å². The van der Waals surface area contributed by atoms with Gasteiger partial charge in [-0.3, -0.25) is 14.1 Å². The normalized spacial score (nSPS) is 16.8. The Kier molecular flexibility index (Phi) is 6.40. The van der Waals surface area contributed by atoms with Crippen LogP contribution in [0.25, 0.3) is 6.08 Å². The van der Waals surface area contributed by atoms with Gasteiger partial charge in [0.15, 0.2) is 16.7 Å². The minimum atomic E-state index is -4.44. The van der Waals surface area contributed by atoms with Gasteiger partial charge in [-0.2, -0.15) is 13.2 Å². The molecule has 0 aliphatic carbocycles. The van der Waals surface area contributed by atoms with E-state index >= 15 is 0 Å². The number of amidine groups is 1. The lowest BCUT2D eigenvalue weighted by molar-refractivity contribution is -0.137. The molecule has 1 amide bonds. The largest absolute Gasteiger partial charge is 0.454 e. The number of hydrogen-bond acceptors (Lipinski definition) is 5. The van der Waals surface area contributed by atoms with Crippen LogP contribution in [0.1, 0.15) is 23.1 Å². The number of halogens is 4. The van der Waals surface area contributed by atoms with Crippen molar-refractivity contribution in [1.29, 1.82) is 0 Å².